The largest absolute Gasteiger partial charge is 0.462 e. The van der Waals surface area contributed by atoms with Gasteiger partial charge in [-0.25, -0.2) is 9.18 Å². The molecule has 2 unspecified atom stereocenters. The van der Waals surface area contributed by atoms with E-state index in [-0.39, 0.29) is 30.0 Å². The summed E-state index contributed by atoms with van der Waals surface area (Å²) in [6.45, 7) is 5.89. The van der Waals surface area contributed by atoms with E-state index in [1.54, 1.807) is 13.0 Å². The molecule has 1 aliphatic heterocycles. The summed E-state index contributed by atoms with van der Waals surface area (Å²) in [6.07, 6.45) is 3.39. The van der Waals surface area contributed by atoms with Crippen molar-refractivity contribution in [2.45, 2.75) is 45.3 Å². The number of aliphatic hydroxyl groups is 1. The van der Waals surface area contributed by atoms with Gasteiger partial charge in [0.1, 0.15) is 11.4 Å². The predicted octanol–water partition coefficient (Wildman–Crippen LogP) is 3.31. The number of carbonyl (C=O) groups is 1. The number of pyridine rings is 1. The Bertz CT molecular complexity index is 909. The molecule has 1 saturated carbocycles. The number of aromatic nitrogens is 1. The molecule has 1 spiro atoms. The lowest BCUT2D eigenvalue weighted by atomic mass is 9.58. The summed E-state index contributed by atoms with van der Waals surface area (Å²) in [5.41, 5.74) is 1.40. The molecule has 1 saturated heterocycles. The van der Waals surface area contributed by atoms with Crippen LogP contribution in [0.25, 0.3) is 10.9 Å². The molecular formula is C22H27FN2O4. The minimum Gasteiger partial charge on any atom is -0.462 e. The third-order valence-corrected chi connectivity index (χ3v) is 6.42. The van der Waals surface area contributed by atoms with Crippen LogP contribution in [0.1, 0.15) is 43.5 Å². The average molecular weight is 402 g/mol. The van der Waals surface area contributed by atoms with E-state index in [0.29, 0.717) is 48.3 Å². The number of anilines is 1. The summed E-state index contributed by atoms with van der Waals surface area (Å²) < 4.78 is 25.1. The zero-order valence-corrected chi connectivity index (χ0v) is 16.9. The Labute approximate surface area is 169 Å². The topological polar surface area (TPSA) is 71.9 Å². The van der Waals surface area contributed by atoms with Gasteiger partial charge in [0.25, 0.3) is 0 Å². The van der Waals surface area contributed by atoms with Gasteiger partial charge in [-0.2, -0.15) is 0 Å². The molecule has 7 heteroatoms. The first kappa shape index (κ1) is 20.0. The Morgan fingerprint density at radius 1 is 1.31 bits per heavy atom. The van der Waals surface area contributed by atoms with Gasteiger partial charge in [-0.05, 0) is 44.9 Å². The van der Waals surface area contributed by atoms with Crippen molar-refractivity contribution in [2.75, 3.05) is 31.2 Å². The van der Waals surface area contributed by atoms with Crippen molar-refractivity contribution in [2.24, 2.45) is 5.41 Å². The molecule has 0 amide bonds. The van der Waals surface area contributed by atoms with Crippen LogP contribution >= 0.6 is 0 Å². The lowest BCUT2D eigenvalue weighted by Crippen LogP contribution is -2.62. The van der Waals surface area contributed by atoms with Crippen LogP contribution < -0.4 is 4.90 Å². The van der Waals surface area contributed by atoms with Gasteiger partial charge in [0.05, 0.1) is 30.0 Å². The van der Waals surface area contributed by atoms with Crippen LogP contribution in [-0.2, 0) is 9.47 Å². The Morgan fingerprint density at radius 3 is 2.72 bits per heavy atom. The molecule has 1 N–H and O–H groups in total. The third kappa shape index (κ3) is 3.36. The predicted molar refractivity (Wildman–Crippen MR) is 108 cm³/mol. The Kier molecular flexibility index (Phi) is 5.44. The van der Waals surface area contributed by atoms with Crippen LogP contribution in [0.2, 0.25) is 0 Å². The molecule has 2 fully saturated rings. The summed E-state index contributed by atoms with van der Waals surface area (Å²) in [6, 6.07) is 4.41. The second kappa shape index (κ2) is 7.88. The highest BCUT2D eigenvalue weighted by Crippen LogP contribution is 2.51. The fraction of sp³-hybridized carbons (Fsp3) is 0.545. The van der Waals surface area contributed by atoms with Gasteiger partial charge in [-0.15, -0.1) is 0 Å². The second-order valence-corrected chi connectivity index (χ2v) is 7.82. The van der Waals surface area contributed by atoms with Crippen molar-refractivity contribution in [1.29, 1.82) is 0 Å². The Balaban J connectivity index is 1.69. The highest BCUT2D eigenvalue weighted by Gasteiger charge is 2.56. The van der Waals surface area contributed by atoms with E-state index in [9.17, 15) is 14.3 Å². The van der Waals surface area contributed by atoms with Crippen molar-refractivity contribution in [3.63, 3.8) is 0 Å². The van der Waals surface area contributed by atoms with Crippen molar-refractivity contribution in [1.82, 2.24) is 4.98 Å². The number of ether oxygens (including phenoxy) is 2. The van der Waals surface area contributed by atoms with E-state index in [0.717, 1.165) is 12.8 Å². The van der Waals surface area contributed by atoms with Crippen LogP contribution in [0, 0.1) is 11.2 Å². The molecule has 2 aromatic rings. The summed E-state index contributed by atoms with van der Waals surface area (Å²) in [5.74, 6) is -0.835. The minimum absolute atomic E-state index is 0.0702. The lowest BCUT2D eigenvalue weighted by molar-refractivity contribution is -0.199. The van der Waals surface area contributed by atoms with Gasteiger partial charge in [0, 0.05) is 43.1 Å². The number of fused-ring (bicyclic) bond motifs is 1. The highest BCUT2D eigenvalue weighted by atomic mass is 19.1. The van der Waals surface area contributed by atoms with E-state index in [4.69, 9.17) is 9.47 Å². The quantitative estimate of drug-likeness (QED) is 0.774. The number of halogens is 1. The molecule has 0 bridgehead atoms. The van der Waals surface area contributed by atoms with E-state index < -0.39 is 5.97 Å². The fourth-order valence-electron chi connectivity index (χ4n) is 4.81. The molecule has 1 aliphatic carbocycles. The monoisotopic (exact) mass is 402 g/mol. The summed E-state index contributed by atoms with van der Waals surface area (Å²) in [4.78, 5) is 19.0. The standard InChI is InChI=1S/C22H27FN2O4/c1-3-28-19-12-18(26)22(19)7-9-25(10-8-22)20-15-11-14(23)5-6-17(15)24-13-16(20)21(27)29-4-2/h5-6,11,13,18-19,26H,3-4,7-10,12H2,1-2H3. The molecule has 2 heterocycles. The molecule has 2 atom stereocenters. The first-order valence-corrected chi connectivity index (χ1v) is 10.3. The Morgan fingerprint density at radius 2 is 2.07 bits per heavy atom. The van der Waals surface area contributed by atoms with E-state index in [2.05, 4.69) is 9.88 Å². The van der Waals surface area contributed by atoms with E-state index >= 15 is 0 Å². The minimum atomic E-state index is -0.461. The number of nitrogens with zero attached hydrogens (tertiary/aromatic N) is 2. The van der Waals surface area contributed by atoms with Crippen LogP contribution in [0.3, 0.4) is 0 Å². The molecule has 6 nitrogen and oxygen atoms in total. The van der Waals surface area contributed by atoms with Crippen molar-refractivity contribution in [3.8, 4) is 0 Å². The van der Waals surface area contributed by atoms with E-state index in [1.165, 1.54) is 18.3 Å². The molecule has 4 rings (SSSR count). The van der Waals surface area contributed by atoms with Gasteiger partial charge in [0.2, 0.25) is 0 Å². The van der Waals surface area contributed by atoms with Crippen LogP contribution in [0.5, 0.6) is 0 Å². The molecule has 2 aliphatic rings. The number of rotatable bonds is 5. The van der Waals surface area contributed by atoms with Gasteiger partial charge in [0.15, 0.2) is 0 Å². The number of hydrogen-bond acceptors (Lipinski definition) is 6. The van der Waals surface area contributed by atoms with Gasteiger partial charge in [-0.3, -0.25) is 4.98 Å². The Hall–Kier alpha value is -2.25. The van der Waals surface area contributed by atoms with Gasteiger partial charge < -0.3 is 19.5 Å². The van der Waals surface area contributed by atoms with Crippen LogP contribution in [-0.4, -0.2) is 54.6 Å². The smallest absolute Gasteiger partial charge is 0.341 e. The highest BCUT2D eigenvalue weighted by molar-refractivity contribution is 6.05. The van der Waals surface area contributed by atoms with Gasteiger partial charge in [-0.1, -0.05) is 0 Å². The zero-order valence-electron chi connectivity index (χ0n) is 16.9. The zero-order chi connectivity index (χ0) is 20.6. The maximum atomic E-state index is 14.0. The molecule has 0 radical (unpaired) electrons. The molecule has 1 aromatic carbocycles. The number of aliphatic hydroxyl groups excluding tert-OH is 1. The molecule has 1 aromatic heterocycles. The summed E-state index contributed by atoms with van der Waals surface area (Å²) in [5, 5.41) is 11.1. The lowest BCUT2D eigenvalue weighted by Gasteiger charge is -2.57. The average Bonchev–Trinajstić information content (AvgIpc) is 2.73. The van der Waals surface area contributed by atoms with E-state index in [1.807, 2.05) is 6.92 Å². The number of hydrogen-bond donors (Lipinski definition) is 1. The maximum Gasteiger partial charge on any atom is 0.341 e. The number of piperidine rings is 1. The normalized spacial score (nSPS) is 23.2. The SMILES string of the molecule is CCOC(=O)c1cnc2ccc(F)cc2c1N1CCC2(CC1)C(O)CC2OCC. The van der Waals surface area contributed by atoms with Crippen LogP contribution in [0.4, 0.5) is 10.1 Å². The molecule has 29 heavy (non-hydrogen) atoms. The maximum absolute atomic E-state index is 14.0. The third-order valence-electron chi connectivity index (χ3n) is 6.42. The number of esters is 1. The molecular weight excluding hydrogens is 375 g/mol. The first-order valence-electron chi connectivity index (χ1n) is 10.3. The summed E-state index contributed by atoms with van der Waals surface area (Å²) >= 11 is 0. The van der Waals surface area contributed by atoms with Crippen molar-refractivity contribution < 1.29 is 23.8 Å². The van der Waals surface area contributed by atoms with Gasteiger partial charge >= 0.3 is 5.97 Å². The van der Waals surface area contributed by atoms with Crippen molar-refractivity contribution in [3.05, 3.63) is 35.8 Å². The fourth-order valence-corrected chi connectivity index (χ4v) is 4.81. The first-order chi connectivity index (χ1) is 14.0. The summed E-state index contributed by atoms with van der Waals surface area (Å²) in [7, 11) is 0. The number of carbonyl (C=O) groups excluding carboxylic acids is 1. The van der Waals surface area contributed by atoms with Crippen LogP contribution in [0.15, 0.2) is 24.4 Å². The molecule has 156 valence electrons. The number of benzene rings is 1. The second-order valence-electron chi connectivity index (χ2n) is 7.82. The van der Waals surface area contributed by atoms with Crippen molar-refractivity contribution >= 4 is 22.6 Å².